The molecular weight excluding hydrogens is 365 g/mol. The molecule has 2 N–H and O–H groups in total. The Morgan fingerprint density at radius 3 is 2.93 bits per heavy atom. The van der Waals surface area contributed by atoms with Crippen LogP contribution in [0.3, 0.4) is 0 Å². The standard InChI is InChI=1S/C19H22FN5O3/c1-28-17(26)11-22-18(27)13-5-4-10-25(12-13)19-21-9-8-16(24-19)23-15-7-3-2-6-14(15)20/h2-3,6-9,13H,4-5,10-12H2,1H3,(H,22,27)(H,21,23,24). The van der Waals surface area contributed by atoms with E-state index < -0.39 is 5.97 Å². The molecule has 1 saturated heterocycles. The van der Waals surface area contributed by atoms with Crippen LogP contribution in [0.15, 0.2) is 36.5 Å². The van der Waals surface area contributed by atoms with Crippen LogP contribution in [0.5, 0.6) is 0 Å². The smallest absolute Gasteiger partial charge is 0.325 e. The third kappa shape index (κ3) is 4.93. The van der Waals surface area contributed by atoms with Crippen molar-refractivity contribution >= 4 is 29.3 Å². The summed E-state index contributed by atoms with van der Waals surface area (Å²) in [4.78, 5) is 34.1. The monoisotopic (exact) mass is 387 g/mol. The number of halogens is 1. The molecule has 148 valence electrons. The van der Waals surface area contributed by atoms with Crippen LogP contribution in [0, 0.1) is 11.7 Å². The summed E-state index contributed by atoms with van der Waals surface area (Å²) in [6, 6.07) is 7.99. The molecule has 2 heterocycles. The summed E-state index contributed by atoms with van der Waals surface area (Å²) >= 11 is 0. The van der Waals surface area contributed by atoms with Crippen molar-refractivity contribution < 1.29 is 18.7 Å². The molecule has 0 radical (unpaired) electrons. The minimum atomic E-state index is -0.490. The molecule has 0 bridgehead atoms. The van der Waals surface area contributed by atoms with Gasteiger partial charge in [-0.25, -0.2) is 9.37 Å². The van der Waals surface area contributed by atoms with Crippen molar-refractivity contribution in [1.29, 1.82) is 0 Å². The fourth-order valence-electron chi connectivity index (χ4n) is 3.02. The number of aromatic nitrogens is 2. The summed E-state index contributed by atoms with van der Waals surface area (Å²) in [7, 11) is 1.27. The Hall–Kier alpha value is -3.23. The molecule has 1 aromatic carbocycles. The van der Waals surface area contributed by atoms with Gasteiger partial charge in [0.05, 0.1) is 18.7 Å². The average Bonchev–Trinajstić information content (AvgIpc) is 2.73. The first kappa shape index (κ1) is 19.5. The van der Waals surface area contributed by atoms with Crippen LogP contribution in [0.1, 0.15) is 12.8 Å². The van der Waals surface area contributed by atoms with Gasteiger partial charge in [-0.1, -0.05) is 12.1 Å². The molecule has 0 spiro atoms. The molecule has 8 nitrogen and oxygen atoms in total. The Morgan fingerprint density at radius 2 is 2.14 bits per heavy atom. The van der Waals surface area contributed by atoms with E-state index in [0.29, 0.717) is 30.5 Å². The van der Waals surface area contributed by atoms with Crippen LogP contribution >= 0.6 is 0 Å². The van der Waals surface area contributed by atoms with Crippen molar-refractivity contribution in [3.05, 3.63) is 42.3 Å². The molecule has 28 heavy (non-hydrogen) atoms. The third-order valence-electron chi connectivity index (χ3n) is 4.49. The molecule has 3 rings (SSSR count). The predicted molar refractivity (Wildman–Crippen MR) is 102 cm³/mol. The molecule has 9 heteroatoms. The van der Waals surface area contributed by atoms with Crippen molar-refractivity contribution in [3.63, 3.8) is 0 Å². The maximum Gasteiger partial charge on any atom is 0.325 e. The van der Waals surface area contributed by atoms with Crippen LogP contribution < -0.4 is 15.5 Å². The van der Waals surface area contributed by atoms with E-state index in [1.165, 1.54) is 13.2 Å². The zero-order valence-electron chi connectivity index (χ0n) is 15.5. The molecule has 1 atom stereocenters. The number of carbonyl (C=O) groups excluding carboxylic acids is 2. The maximum atomic E-state index is 13.8. The van der Waals surface area contributed by atoms with E-state index in [0.717, 1.165) is 12.8 Å². The van der Waals surface area contributed by atoms with E-state index in [2.05, 4.69) is 25.3 Å². The first-order chi connectivity index (χ1) is 13.6. The number of carbonyl (C=O) groups is 2. The van der Waals surface area contributed by atoms with E-state index in [1.54, 1.807) is 30.5 Å². The quantitative estimate of drug-likeness (QED) is 0.731. The second kappa shape index (κ2) is 9.12. The van der Waals surface area contributed by atoms with Crippen molar-refractivity contribution in [2.24, 2.45) is 5.92 Å². The highest BCUT2D eigenvalue weighted by atomic mass is 19.1. The molecular formula is C19H22FN5O3. The summed E-state index contributed by atoms with van der Waals surface area (Å²) < 4.78 is 18.4. The van der Waals surface area contributed by atoms with E-state index in [-0.39, 0.29) is 24.2 Å². The summed E-state index contributed by atoms with van der Waals surface area (Å²) in [6.45, 7) is 1.00. The van der Waals surface area contributed by atoms with Gasteiger partial charge in [0.15, 0.2) is 0 Å². The number of hydrogen-bond acceptors (Lipinski definition) is 7. The van der Waals surface area contributed by atoms with Gasteiger partial charge in [0.25, 0.3) is 0 Å². The normalized spacial score (nSPS) is 16.4. The largest absolute Gasteiger partial charge is 0.468 e. The highest BCUT2D eigenvalue weighted by Crippen LogP contribution is 2.23. The second-order valence-corrected chi connectivity index (χ2v) is 6.43. The highest BCUT2D eigenvalue weighted by Gasteiger charge is 2.27. The summed E-state index contributed by atoms with van der Waals surface area (Å²) in [5.74, 6) is -0.403. The number of anilines is 3. The molecule has 1 aromatic heterocycles. The first-order valence-corrected chi connectivity index (χ1v) is 9.01. The molecule has 1 aliphatic rings. The molecule has 1 unspecified atom stereocenters. The lowest BCUT2D eigenvalue weighted by Crippen LogP contribution is -2.44. The average molecular weight is 387 g/mol. The van der Waals surface area contributed by atoms with Gasteiger partial charge in [-0.15, -0.1) is 0 Å². The topological polar surface area (TPSA) is 96.5 Å². The zero-order chi connectivity index (χ0) is 19.9. The van der Waals surface area contributed by atoms with Crippen LogP contribution in [-0.2, 0) is 14.3 Å². The van der Waals surface area contributed by atoms with Gasteiger partial charge < -0.3 is 20.3 Å². The van der Waals surface area contributed by atoms with Gasteiger partial charge >= 0.3 is 5.97 Å². The fraction of sp³-hybridized carbons (Fsp3) is 0.368. The van der Waals surface area contributed by atoms with E-state index >= 15 is 0 Å². The lowest BCUT2D eigenvalue weighted by atomic mass is 9.97. The summed E-state index contributed by atoms with van der Waals surface area (Å²) in [6.07, 6.45) is 3.10. The number of amides is 1. The predicted octanol–water partition coefficient (Wildman–Crippen LogP) is 1.86. The zero-order valence-corrected chi connectivity index (χ0v) is 15.5. The number of esters is 1. The van der Waals surface area contributed by atoms with Crippen molar-refractivity contribution in [2.75, 3.05) is 37.0 Å². The summed E-state index contributed by atoms with van der Waals surface area (Å²) in [5.41, 5.74) is 0.325. The molecule has 1 amide bonds. The number of piperidine rings is 1. The fourth-order valence-corrected chi connectivity index (χ4v) is 3.02. The van der Waals surface area contributed by atoms with E-state index in [9.17, 15) is 14.0 Å². The number of hydrogen-bond donors (Lipinski definition) is 2. The number of nitrogens with one attached hydrogen (secondary N) is 2. The van der Waals surface area contributed by atoms with Gasteiger partial charge in [-0.3, -0.25) is 9.59 Å². The molecule has 0 saturated carbocycles. The van der Waals surface area contributed by atoms with Gasteiger partial charge in [-0.2, -0.15) is 4.98 Å². The minimum absolute atomic E-state index is 0.148. The van der Waals surface area contributed by atoms with Crippen LogP contribution in [0.4, 0.5) is 21.8 Å². The molecule has 2 aromatic rings. The van der Waals surface area contributed by atoms with Crippen molar-refractivity contribution in [3.8, 4) is 0 Å². The van der Waals surface area contributed by atoms with Crippen LogP contribution in [0.2, 0.25) is 0 Å². The minimum Gasteiger partial charge on any atom is -0.468 e. The number of para-hydroxylation sites is 1. The Balaban J connectivity index is 1.65. The number of nitrogens with zero attached hydrogens (tertiary/aromatic N) is 3. The third-order valence-corrected chi connectivity index (χ3v) is 4.49. The number of rotatable bonds is 6. The number of ether oxygens (including phenoxy) is 1. The van der Waals surface area contributed by atoms with E-state index in [1.807, 2.05) is 4.90 Å². The van der Waals surface area contributed by atoms with Gasteiger partial charge in [-0.05, 0) is 31.0 Å². The van der Waals surface area contributed by atoms with Gasteiger partial charge in [0, 0.05) is 19.3 Å². The molecule has 1 aliphatic heterocycles. The highest BCUT2D eigenvalue weighted by molar-refractivity contribution is 5.84. The first-order valence-electron chi connectivity index (χ1n) is 9.01. The lowest BCUT2D eigenvalue weighted by Gasteiger charge is -2.32. The Morgan fingerprint density at radius 1 is 1.32 bits per heavy atom. The number of methoxy groups -OCH3 is 1. The Kier molecular flexibility index (Phi) is 6.36. The van der Waals surface area contributed by atoms with Gasteiger partial charge in [0.2, 0.25) is 11.9 Å². The lowest BCUT2D eigenvalue weighted by molar-refractivity contribution is -0.141. The molecule has 1 fully saturated rings. The van der Waals surface area contributed by atoms with Crippen LogP contribution in [-0.4, -0.2) is 48.6 Å². The van der Waals surface area contributed by atoms with Crippen molar-refractivity contribution in [1.82, 2.24) is 15.3 Å². The maximum absolute atomic E-state index is 13.8. The summed E-state index contributed by atoms with van der Waals surface area (Å²) in [5, 5.41) is 5.53. The Bertz CT molecular complexity index is 848. The van der Waals surface area contributed by atoms with E-state index in [4.69, 9.17) is 0 Å². The van der Waals surface area contributed by atoms with Crippen LogP contribution in [0.25, 0.3) is 0 Å². The Labute approximate surface area is 162 Å². The molecule has 0 aliphatic carbocycles. The number of benzene rings is 1. The SMILES string of the molecule is COC(=O)CNC(=O)C1CCCN(c2nccc(Nc3ccccc3F)n2)C1. The second-order valence-electron chi connectivity index (χ2n) is 6.43. The van der Waals surface area contributed by atoms with Crippen molar-refractivity contribution in [2.45, 2.75) is 12.8 Å². The van der Waals surface area contributed by atoms with Gasteiger partial charge in [0.1, 0.15) is 18.2 Å².